The molecule has 0 bridgehead atoms. The molecule has 6 nitrogen and oxygen atoms in total. The first-order chi connectivity index (χ1) is 11.5. The molecular weight excluding hydrogens is 304 g/mol. The molecule has 1 fully saturated rings. The van der Waals surface area contributed by atoms with E-state index >= 15 is 0 Å². The number of hydrogen-bond donors (Lipinski definition) is 1. The van der Waals surface area contributed by atoms with Crippen LogP contribution in [0.5, 0.6) is 5.75 Å². The monoisotopic (exact) mass is 328 g/mol. The van der Waals surface area contributed by atoms with Crippen molar-refractivity contribution < 1.29 is 9.53 Å². The highest BCUT2D eigenvalue weighted by Gasteiger charge is 2.20. The summed E-state index contributed by atoms with van der Waals surface area (Å²) >= 11 is 0. The molecule has 1 aliphatic rings. The molecule has 128 valence electrons. The lowest BCUT2D eigenvalue weighted by Crippen LogP contribution is -2.40. The minimum Gasteiger partial charge on any atom is -0.497 e. The van der Waals surface area contributed by atoms with Crippen LogP contribution in [-0.2, 0) is 4.79 Å². The van der Waals surface area contributed by atoms with Crippen molar-refractivity contribution in [3.05, 3.63) is 36.0 Å². The van der Waals surface area contributed by atoms with Crippen LogP contribution in [0.25, 0.3) is 0 Å². The van der Waals surface area contributed by atoms with E-state index in [1.807, 2.05) is 18.0 Å². The second-order valence-electron chi connectivity index (χ2n) is 6.04. The number of nitriles is 1. The summed E-state index contributed by atoms with van der Waals surface area (Å²) < 4.78 is 5.08. The van der Waals surface area contributed by atoms with E-state index in [2.05, 4.69) is 17.3 Å². The van der Waals surface area contributed by atoms with Gasteiger partial charge in [-0.25, -0.2) is 0 Å². The van der Waals surface area contributed by atoms with Gasteiger partial charge >= 0.3 is 0 Å². The smallest absolute Gasteiger partial charge is 0.267 e. The van der Waals surface area contributed by atoms with Gasteiger partial charge in [-0.15, -0.1) is 0 Å². The van der Waals surface area contributed by atoms with Crippen molar-refractivity contribution in [1.82, 2.24) is 9.80 Å². The van der Waals surface area contributed by atoms with E-state index in [1.165, 1.54) is 0 Å². The lowest BCUT2D eigenvalue weighted by atomic mass is 10.0. The van der Waals surface area contributed by atoms with Crippen molar-refractivity contribution in [2.45, 2.75) is 18.9 Å². The number of anilines is 1. The van der Waals surface area contributed by atoms with Gasteiger partial charge in [0.15, 0.2) is 0 Å². The van der Waals surface area contributed by atoms with E-state index in [1.54, 1.807) is 37.6 Å². The molecule has 6 heteroatoms. The number of nitrogens with one attached hydrogen (secondary N) is 1. The Bertz CT molecular complexity index is 625. The van der Waals surface area contributed by atoms with Gasteiger partial charge in [-0.05, 0) is 57.2 Å². The highest BCUT2D eigenvalue weighted by molar-refractivity contribution is 6.06. The molecule has 0 saturated carbocycles. The topological polar surface area (TPSA) is 68.6 Å². The average Bonchev–Trinajstić information content (AvgIpc) is 2.60. The highest BCUT2D eigenvalue weighted by Crippen LogP contribution is 2.17. The summed E-state index contributed by atoms with van der Waals surface area (Å²) in [5.41, 5.74) is 0.733. The molecule has 0 aliphatic carbocycles. The van der Waals surface area contributed by atoms with E-state index in [-0.39, 0.29) is 5.57 Å². The Hall–Kier alpha value is -2.52. The van der Waals surface area contributed by atoms with Crippen LogP contribution in [-0.4, -0.2) is 56.0 Å². The Morgan fingerprint density at radius 3 is 2.54 bits per heavy atom. The van der Waals surface area contributed by atoms with Gasteiger partial charge in [0.05, 0.1) is 7.11 Å². The van der Waals surface area contributed by atoms with Crippen LogP contribution in [0.1, 0.15) is 12.8 Å². The number of nitrogens with zero attached hydrogens (tertiary/aromatic N) is 3. The molecular formula is C18H24N4O2. The fourth-order valence-corrected chi connectivity index (χ4v) is 2.72. The summed E-state index contributed by atoms with van der Waals surface area (Å²) in [6, 6.07) is 9.36. The maximum absolute atomic E-state index is 12.3. The van der Waals surface area contributed by atoms with Crippen LogP contribution in [0, 0.1) is 11.3 Å². The number of likely N-dealkylation sites (tertiary alicyclic amines) is 1. The van der Waals surface area contributed by atoms with E-state index < -0.39 is 5.91 Å². The second-order valence-corrected chi connectivity index (χ2v) is 6.04. The maximum atomic E-state index is 12.3. The molecule has 1 heterocycles. The summed E-state index contributed by atoms with van der Waals surface area (Å²) in [7, 11) is 5.62. The average molecular weight is 328 g/mol. The quantitative estimate of drug-likeness (QED) is 0.662. The predicted molar refractivity (Wildman–Crippen MR) is 93.6 cm³/mol. The van der Waals surface area contributed by atoms with Gasteiger partial charge in [0.2, 0.25) is 0 Å². The fraction of sp³-hybridized carbons (Fsp3) is 0.444. The molecule has 1 saturated heterocycles. The Kier molecular flexibility index (Phi) is 6.21. The Morgan fingerprint density at radius 2 is 2.00 bits per heavy atom. The number of rotatable bonds is 5. The summed E-state index contributed by atoms with van der Waals surface area (Å²) in [4.78, 5) is 16.6. The number of benzene rings is 1. The zero-order valence-corrected chi connectivity index (χ0v) is 14.5. The summed E-state index contributed by atoms with van der Waals surface area (Å²) in [5, 5.41) is 12.1. The van der Waals surface area contributed by atoms with E-state index in [0.717, 1.165) is 25.9 Å². The van der Waals surface area contributed by atoms with Crippen LogP contribution in [0.3, 0.4) is 0 Å². The van der Waals surface area contributed by atoms with Gasteiger partial charge in [0.25, 0.3) is 5.91 Å². The molecule has 1 aromatic rings. The highest BCUT2D eigenvalue weighted by atomic mass is 16.5. The maximum Gasteiger partial charge on any atom is 0.267 e. The third kappa shape index (κ3) is 4.74. The number of carbonyl (C=O) groups excluding carboxylic acids is 1. The van der Waals surface area contributed by atoms with Gasteiger partial charge in [0, 0.05) is 25.0 Å². The van der Waals surface area contributed by atoms with Crippen LogP contribution in [0.15, 0.2) is 36.0 Å². The van der Waals surface area contributed by atoms with Gasteiger partial charge < -0.3 is 19.9 Å². The van der Waals surface area contributed by atoms with Crippen molar-refractivity contribution in [1.29, 1.82) is 5.26 Å². The number of piperidine rings is 1. The Morgan fingerprint density at radius 1 is 1.38 bits per heavy atom. The zero-order chi connectivity index (χ0) is 17.5. The number of hydrogen-bond acceptors (Lipinski definition) is 5. The van der Waals surface area contributed by atoms with Gasteiger partial charge in [-0.3, -0.25) is 4.79 Å². The van der Waals surface area contributed by atoms with Crippen molar-refractivity contribution >= 4 is 11.6 Å². The standard InChI is InChI=1S/C18H24N4O2/c1-21-10-8-16(9-11-21)22(2)13-14(12-19)18(23)20-15-4-6-17(24-3)7-5-15/h4-7,13,16H,8-11H2,1-3H3,(H,20,23)/b14-13-. The molecule has 0 spiro atoms. The number of carbonyl (C=O) groups is 1. The number of ether oxygens (including phenoxy) is 1. The molecule has 1 amide bonds. The molecule has 0 atom stereocenters. The van der Waals surface area contributed by atoms with Gasteiger partial charge in [0.1, 0.15) is 17.4 Å². The molecule has 0 unspecified atom stereocenters. The van der Waals surface area contributed by atoms with Crippen molar-refractivity contribution in [3.8, 4) is 11.8 Å². The summed E-state index contributed by atoms with van der Waals surface area (Å²) in [5.74, 6) is 0.313. The van der Waals surface area contributed by atoms with Gasteiger partial charge in [-0.2, -0.15) is 5.26 Å². The third-order valence-electron chi connectivity index (χ3n) is 4.31. The third-order valence-corrected chi connectivity index (χ3v) is 4.31. The fourth-order valence-electron chi connectivity index (χ4n) is 2.72. The van der Waals surface area contributed by atoms with Crippen molar-refractivity contribution in [3.63, 3.8) is 0 Å². The molecule has 24 heavy (non-hydrogen) atoms. The van der Waals surface area contributed by atoms with Crippen LogP contribution in [0.4, 0.5) is 5.69 Å². The lowest BCUT2D eigenvalue weighted by Gasteiger charge is -2.34. The van der Waals surface area contributed by atoms with Crippen LogP contribution in [0.2, 0.25) is 0 Å². The first kappa shape index (κ1) is 17.8. The number of methoxy groups -OCH3 is 1. The zero-order valence-electron chi connectivity index (χ0n) is 14.5. The molecule has 2 rings (SSSR count). The molecule has 1 aliphatic heterocycles. The minimum atomic E-state index is -0.401. The van der Waals surface area contributed by atoms with Crippen LogP contribution < -0.4 is 10.1 Å². The lowest BCUT2D eigenvalue weighted by molar-refractivity contribution is -0.112. The predicted octanol–water partition coefficient (Wildman–Crippen LogP) is 2.07. The van der Waals surface area contributed by atoms with E-state index in [4.69, 9.17) is 4.74 Å². The van der Waals surface area contributed by atoms with Crippen molar-refractivity contribution in [2.24, 2.45) is 0 Å². The summed E-state index contributed by atoms with van der Waals surface area (Å²) in [6.45, 7) is 2.06. The van der Waals surface area contributed by atoms with E-state index in [9.17, 15) is 10.1 Å². The minimum absolute atomic E-state index is 0.104. The molecule has 1 aromatic carbocycles. The van der Waals surface area contributed by atoms with Crippen LogP contribution >= 0.6 is 0 Å². The van der Waals surface area contributed by atoms with Crippen molar-refractivity contribution in [2.75, 3.05) is 39.6 Å². The molecule has 0 aromatic heterocycles. The molecule has 1 N–H and O–H groups in total. The first-order valence-electron chi connectivity index (χ1n) is 8.01. The normalized spacial score (nSPS) is 16.3. The second kappa shape index (κ2) is 8.37. The Labute approximate surface area is 143 Å². The summed E-state index contributed by atoms with van der Waals surface area (Å²) in [6.07, 6.45) is 3.71. The molecule has 0 radical (unpaired) electrons. The Balaban J connectivity index is 2.00. The first-order valence-corrected chi connectivity index (χ1v) is 8.01. The van der Waals surface area contributed by atoms with Gasteiger partial charge in [-0.1, -0.05) is 0 Å². The number of amides is 1. The van der Waals surface area contributed by atoms with E-state index in [0.29, 0.717) is 17.5 Å². The SMILES string of the molecule is COc1ccc(NC(=O)/C(C#N)=C\N(C)C2CCN(C)CC2)cc1. The largest absolute Gasteiger partial charge is 0.497 e.